The Kier molecular flexibility index (Phi) is 4.26. The van der Waals surface area contributed by atoms with Gasteiger partial charge < -0.3 is 5.11 Å². The molecular formula is C23H17N5O. The van der Waals surface area contributed by atoms with E-state index in [0.717, 1.165) is 29.8 Å². The normalized spacial score (nSPS) is 14.8. The highest BCUT2D eigenvalue weighted by atomic mass is 16.3. The van der Waals surface area contributed by atoms with Crippen LogP contribution in [0.4, 0.5) is 0 Å². The van der Waals surface area contributed by atoms with Gasteiger partial charge in [0.25, 0.3) is 0 Å². The first-order valence-electron chi connectivity index (χ1n) is 9.38. The predicted octanol–water partition coefficient (Wildman–Crippen LogP) is 3.24. The van der Waals surface area contributed by atoms with Crippen LogP contribution < -0.4 is 0 Å². The number of hydrogen-bond acceptors (Lipinski definition) is 5. The Bertz CT molecular complexity index is 1220. The van der Waals surface area contributed by atoms with Gasteiger partial charge in [-0.25, -0.2) is 14.6 Å². The molecule has 6 nitrogen and oxygen atoms in total. The minimum Gasteiger partial charge on any atom is -0.492 e. The molecule has 5 rings (SSSR count). The molecular weight excluding hydrogens is 362 g/mol. The van der Waals surface area contributed by atoms with Crippen LogP contribution in [0.25, 0.3) is 5.69 Å². The van der Waals surface area contributed by atoms with Crippen LogP contribution in [0.5, 0.6) is 5.88 Å². The van der Waals surface area contributed by atoms with E-state index in [9.17, 15) is 5.11 Å². The smallest absolute Gasteiger partial charge is 0.229 e. The third-order valence-electron chi connectivity index (χ3n) is 5.02. The summed E-state index contributed by atoms with van der Waals surface area (Å²) in [6, 6.07) is 12.5. The lowest BCUT2D eigenvalue weighted by atomic mass is 9.97. The number of fused-ring (bicyclic) bond motifs is 1. The largest absolute Gasteiger partial charge is 0.492 e. The van der Waals surface area contributed by atoms with Crippen LogP contribution in [0.1, 0.15) is 40.4 Å². The van der Waals surface area contributed by atoms with Crippen molar-refractivity contribution in [1.82, 2.24) is 24.7 Å². The highest BCUT2D eigenvalue weighted by Gasteiger charge is 2.27. The van der Waals surface area contributed by atoms with Gasteiger partial charge in [-0.1, -0.05) is 36.3 Å². The summed E-state index contributed by atoms with van der Waals surface area (Å²) in [6.07, 6.45) is 10.4. The minimum absolute atomic E-state index is 0.125. The fraction of sp³-hybridized carbons (Fsp3) is 0.130. The lowest BCUT2D eigenvalue weighted by Gasteiger charge is -2.09. The monoisotopic (exact) mass is 379 g/mol. The van der Waals surface area contributed by atoms with Gasteiger partial charge in [-0.3, -0.25) is 4.98 Å². The van der Waals surface area contributed by atoms with Crippen molar-refractivity contribution in [3.05, 3.63) is 95.5 Å². The van der Waals surface area contributed by atoms with Crippen molar-refractivity contribution in [2.24, 2.45) is 0 Å². The molecule has 4 aromatic rings. The van der Waals surface area contributed by atoms with Crippen molar-refractivity contribution >= 4 is 0 Å². The number of nitrogens with zero attached hydrogens (tertiary/aromatic N) is 5. The molecule has 1 aliphatic rings. The molecule has 0 saturated heterocycles. The maximum Gasteiger partial charge on any atom is 0.229 e. The van der Waals surface area contributed by atoms with Crippen molar-refractivity contribution in [3.8, 4) is 23.4 Å². The average molecular weight is 379 g/mol. The summed E-state index contributed by atoms with van der Waals surface area (Å²) in [4.78, 5) is 12.1. The Morgan fingerprint density at radius 3 is 2.72 bits per heavy atom. The van der Waals surface area contributed by atoms with E-state index in [1.165, 1.54) is 23.5 Å². The van der Waals surface area contributed by atoms with Gasteiger partial charge in [0, 0.05) is 23.9 Å². The highest BCUT2D eigenvalue weighted by Crippen LogP contribution is 2.37. The van der Waals surface area contributed by atoms with E-state index in [1.54, 1.807) is 12.4 Å². The van der Waals surface area contributed by atoms with E-state index in [1.807, 2.05) is 16.8 Å². The molecule has 140 valence electrons. The Morgan fingerprint density at radius 1 is 1.00 bits per heavy atom. The molecule has 3 heterocycles. The van der Waals surface area contributed by atoms with Crippen LogP contribution in [-0.4, -0.2) is 29.8 Å². The SMILES string of the molecule is Oc1cnc(C#Cc2cncc(-n3cc4c(n3)C(c3ccccc3)CC4)c2)cn1. The van der Waals surface area contributed by atoms with Gasteiger partial charge in [-0.2, -0.15) is 5.10 Å². The van der Waals surface area contributed by atoms with E-state index < -0.39 is 0 Å². The summed E-state index contributed by atoms with van der Waals surface area (Å²) in [7, 11) is 0. The third-order valence-corrected chi connectivity index (χ3v) is 5.02. The van der Waals surface area contributed by atoms with Crippen LogP contribution in [0.2, 0.25) is 0 Å². The van der Waals surface area contributed by atoms with Crippen LogP contribution in [0, 0.1) is 11.8 Å². The molecule has 1 N–H and O–H groups in total. The molecule has 0 fully saturated rings. The van der Waals surface area contributed by atoms with E-state index in [0.29, 0.717) is 11.6 Å². The third kappa shape index (κ3) is 3.46. The Hall–Kier alpha value is -3.98. The van der Waals surface area contributed by atoms with Crippen molar-refractivity contribution in [2.75, 3.05) is 0 Å². The summed E-state index contributed by atoms with van der Waals surface area (Å²) in [6.45, 7) is 0. The van der Waals surface area contributed by atoms with E-state index in [4.69, 9.17) is 5.10 Å². The van der Waals surface area contributed by atoms with Gasteiger partial charge >= 0.3 is 0 Å². The molecule has 1 atom stereocenters. The number of hydrogen-bond donors (Lipinski definition) is 1. The molecule has 0 bridgehead atoms. The molecule has 0 saturated carbocycles. The Morgan fingerprint density at radius 2 is 1.90 bits per heavy atom. The van der Waals surface area contributed by atoms with Crippen molar-refractivity contribution < 1.29 is 5.11 Å². The van der Waals surface area contributed by atoms with Crippen LogP contribution in [0.3, 0.4) is 0 Å². The Balaban J connectivity index is 1.43. The lowest BCUT2D eigenvalue weighted by Crippen LogP contribution is -2.02. The Labute approximate surface area is 167 Å². The van der Waals surface area contributed by atoms with Crippen molar-refractivity contribution in [1.29, 1.82) is 0 Å². The number of aromatic hydroxyl groups is 1. The van der Waals surface area contributed by atoms with Gasteiger partial charge in [0.05, 0.1) is 30.0 Å². The topological polar surface area (TPSA) is 76.7 Å². The molecule has 1 unspecified atom stereocenters. The van der Waals surface area contributed by atoms with E-state index in [2.05, 4.69) is 57.3 Å². The number of aromatic nitrogens is 5. The first kappa shape index (κ1) is 17.1. The fourth-order valence-corrected chi connectivity index (χ4v) is 3.63. The lowest BCUT2D eigenvalue weighted by molar-refractivity contribution is 0.450. The maximum atomic E-state index is 9.20. The average Bonchev–Trinajstić information content (AvgIpc) is 3.35. The first-order valence-corrected chi connectivity index (χ1v) is 9.38. The molecule has 29 heavy (non-hydrogen) atoms. The van der Waals surface area contributed by atoms with Gasteiger partial charge in [0.2, 0.25) is 5.88 Å². The zero-order valence-electron chi connectivity index (χ0n) is 15.5. The summed E-state index contributed by atoms with van der Waals surface area (Å²) < 4.78 is 1.89. The maximum absolute atomic E-state index is 9.20. The highest BCUT2D eigenvalue weighted by molar-refractivity contribution is 5.45. The molecule has 3 aromatic heterocycles. The molecule has 0 spiro atoms. The molecule has 0 aliphatic heterocycles. The van der Waals surface area contributed by atoms with E-state index >= 15 is 0 Å². The van der Waals surface area contributed by atoms with Crippen LogP contribution >= 0.6 is 0 Å². The molecule has 6 heteroatoms. The van der Waals surface area contributed by atoms with Gasteiger partial charge in [-0.15, -0.1) is 0 Å². The second kappa shape index (κ2) is 7.21. The number of pyridine rings is 1. The second-order valence-corrected chi connectivity index (χ2v) is 6.93. The summed E-state index contributed by atoms with van der Waals surface area (Å²) >= 11 is 0. The zero-order valence-corrected chi connectivity index (χ0v) is 15.5. The second-order valence-electron chi connectivity index (χ2n) is 6.93. The predicted molar refractivity (Wildman–Crippen MR) is 108 cm³/mol. The summed E-state index contributed by atoms with van der Waals surface area (Å²) in [5.74, 6) is 6.19. The number of aryl methyl sites for hydroxylation is 1. The molecule has 1 aliphatic carbocycles. The van der Waals surface area contributed by atoms with Crippen LogP contribution in [0.15, 0.2) is 67.4 Å². The van der Waals surface area contributed by atoms with Crippen molar-refractivity contribution in [3.63, 3.8) is 0 Å². The van der Waals surface area contributed by atoms with Crippen molar-refractivity contribution in [2.45, 2.75) is 18.8 Å². The minimum atomic E-state index is -0.125. The molecule has 0 radical (unpaired) electrons. The van der Waals surface area contributed by atoms with Gasteiger partial charge in [-0.05, 0) is 36.0 Å². The van der Waals surface area contributed by atoms with E-state index in [-0.39, 0.29) is 5.88 Å². The number of benzene rings is 1. The molecule has 0 amide bonds. The standard InChI is InChI=1S/C23H17N5O/c29-22-14-25-19(12-26-22)8-6-16-10-20(13-24-11-16)28-15-18-7-9-21(23(18)27-28)17-4-2-1-3-5-17/h1-5,10-15,21H,7,9H2,(H,26,29). The summed E-state index contributed by atoms with van der Waals surface area (Å²) in [5.41, 5.74) is 5.85. The van der Waals surface area contributed by atoms with Gasteiger partial charge in [0.15, 0.2) is 0 Å². The quantitative estimate of drug-likeness (QED) is 0.541. The van der Waals surface area contributed by atoms with Gasteiger partial charge in [0.1, 0.15) is 5.69 Å². The zero-order chi connectivity index (χ0) is 19.6. The summed E-state index contributed by atoms with van der Waals surface area (Å²) in [5, 5.41) is 14.1. The molecule has 1 aromatic carbocycles. The fourth-order valence-electron chi connectivity index (χ4n) is 3.63. The first-order chi connectivity index (χ1) is 14.3. The van der Waals surface area contributed by atoms with Crippen LogP contribution in [-0.2, 0) is 6.42 Å². The number of rotatable bonds is 2.